The number of nitrogens with zero attached hydrogens (tertiary/aromatic N) is 2. The predicted octanol–water partition coefficient (Wildman–Crippen LogP) is 2.46. The molecular weight excluding hydrogens is 474 g/mol. The zero-order valence-corrected chi connectivity index (χ0v) is 19.6. The van der Waals surface area contributed by atoms with Gasteiger partial charge in [-0.2, -0.15) is 0 Å². The summed E-state index contributed by atoms with van der Waals surface area (Å²) < 4.78 is 37.1. The van der Waals surface area contributed by atoms with Crippen molar-refractivity contribution < 1.29 is 27.2 Å². The lowest BCUT2D eigenvalue weighted by Crippen LogP contribution is -2.30. The van der Waals surface area contributed by atoms with Crippen molar-refractivity contribution in [2.24, 2.45) is 0 Å². The Morgan fingerprint density at radius 1 is 1.21 bits per heavy atom. The molecule has 33 heavy (non-hydrogen) atoms. The zero-order chi connectivity index (χ0) is 24.3. The second kappa shape index (κ2) is 9.77. The molecule has 0 unspecified atom stereocenters. The van der Waals surface area contributed by atoms with Gasteiger partial charge in [-0.15, -0.1) is 0 Å². The second-order valence-corrected chi connectivity index (χ2v) is 9.91. The number of benzene rings is 2. The van der Waals surface area contributed by atoms with E-state index < -0.39 is 33.8 Å². The van der Waals surface area contributed by atoms with Crippen LogP contribution in [-0.2, 0) is 30.9 Å². The SMILES string of the molecule is C[C@@H](OC(=O)CCn1c(=O)oc2cc(Cl)ccc21)C(=O)Nc1cccc(S(=O)(=O)N(C)C)c1. The number of hydrogen-bond donors (Lipinski definition) is 1. The van der Waals surface area contributed by atoms with Gasteiger partial charge in [-0.3, -0.25) is 14.2 Å². The number of carbonyl (C=O) groups is 2. The smallest absolute Gasteiger partial charge is 0.419 e. The zero-order valence-electron chi connectivity index (χ0n) is 18.1. The Hall–Kier alpha value is -3.15. The van der Waals surface area contributed by atoms with Crippen LogP contribution in [0.2, 0.25) is 5.02 Å². The molecule has 1 amide bonds. The van der Waals surface area contributed by atoms with Crippen molar-refractivity contribution in [2.45, 2.75) is 30.9 Å². The molecule has 0 radical (unpaired) electrons. The summed E-state index contributed by atoms with van der Waals surface area (Å²) in [6.45, 7) is 1.38. The van der Waals surface area contributed by atoms with Gasteiger partial charge in [-0.05, 0) is 37.3 Å². The van der Waals surface area contributed by atoms with Crippen molar-refractivity contribution in [1.29, 1.82) is 0 Å². The summed E-state index contributed by atoms with van der Waals surface area (Å²) in [5, 5.41) is 2.93. The molecule has 2 aromatic carbocycles. The number of rotatable bonds is 8. The summed E-state index contributed by atoms with van der Waals surface area (Å²) in [5.74, 6) is -1.97. The molecule has 0 saturated carbocycles. The number of ether oxygens (including phenoxy) is 1. The van der Waals surface area contributed by atoms with E-state index in [1.54, 1.807) is 12.1 Å². The fourth-order valence-corrected chi connectivity index (χ4v) is 4.06. The van der Waals surface area contributed by atoms with Crippen LogP contribution < -0.4 is 11.1 Å². The van der Waals surface area contributed by atoms with Crippen molar-refractivity contribution in [2.75, 3.05) is 19.4 Å². The number of fused-ring (bicyclic) bond motifs is 1. The number of nitrogens with one attached hydrogen (secondary N) is 1. The first kappa shape index (κ1) is 24.5. The summed E-state index contributed by atoms with van der Waals surface area (Å²) >= 11 is 5.88. The predicted molar refractivity (Wildman–Crippen MR) is 122 cm³/mol. The maximum atomic E-state index is 12.4. The van der Waals surface area contributed by atoms with E-state index in [-0.39, 0.29) is 23.5 Å². The summed E-state index contributed by atoms with van der Waals surface area (Å²) in [7, 11) is -0.870. The highest BCUT2D eigenvalue weighted by Gasteiger charge is 2.21. The minimum absolute atomic E-state index is 0.00835. The Morgan fingerprint density at radius 2 is 1.94 bits per heavy atom. The molecule has 1 heterocycles. The molecular formula is C21H22ClN3O7S. The average molecular weight is 496 g/mol. The Balaban J connectivity index is 1.60. The van der Waals surface area contributed by atoms with Crippen LogP contribution >= 0.6 is 11.6 Å². The van der Waals surface area contributed by atoms with Gasteiger partial charge in [-0.25, -0.2) is 17.5 Å². The standard InChI is InChI=1S/C21H22ClN3O7S/c1-13(20(27)23-15-5-4-6-16(12-15)33(29,30)24(2)3)31-19(26)9-10-25-17-8-7-14(22)11-18(17)32-21(25)28/h4-8,11-13H,9-10H2,1-3H3,(H,23,27)/t13-/m1/s1. The van der Waals surface area contributed by atoms with E-state index in [0.29, 0.717) is 16.1 Å². The Bertz CT molecular complexity index is 1360. The number of anilines is 1. The molecule has 0 saturated heterocycles. The molecule has 1 atom stereocenters. The van der Waals surface area contributed by atoms with E-state index in [9.17, 15) is 22.8 Å². The van der Waals surface area contributed by atoms with Crippen LogP contribution in [0.25, 0.3) is 11.1 Å². The highest BCUT2D eigenvalue weighted by molar-refractivity contribution is 7.89. The normalized spacial score (nSPS) is 12.6. The molecule has 1 aromatic heterocycles. The fraction of sp³-hybridized carbons (Fsp3) is 0.286. The van der Waals surface area contributed by atoms with Crippen LogP contribution in [0.3, 0.4) is 0 Å². The van der Waals surface area contributed by atoms with Crippen LogP contribution in [0.4, 0.5) is 5.69 Å². The molecule has 0 bridgehead atoms. The number of carbonyl (C=O) groups excluding carboxylic acids is 2. The van der Waals surface area contributed by atoms with Gasteiger partial charge < -0.3 is 14.5 Å². The Labute approximate surface area is 194 Å². The van der Waals surface area contributed by atoms with Gasteiger partial charge in [-0.1, -0.05) is 17.7 Å². The lowest BCUT2D eigenvalue weighted by Gasteiger charge is -2.15. The van der Waals surface area contributed by atoms with Gasteiger partial charge in [0, 0.05) is 37.4 Å². The molecule has 0 aliphatic heterocycles. The highest BCUT2D eigenvalue weighted by Crippen LogP contribution is 2.20. The molecule has 10 nitrogen and oxygen atoms in total. The number of oxazole rings is 1. The first-order valence-electron chi connectivity index (χ1n) is 9.81. The third kappa shape index (κ3) is 5.62. The van der Waals surface area contributed by atoms with E-state index in [1.807, 2.05) is 0 Å². The van der Waals surface area contributed by atoms with Crippen LogP contribution in [0.15, 0.2) is 56.6 Å². The van der Waals surface area contributed by atoms with Gasteiger partial charge >= 0.3 is 11.7 Å². The molecule has 0 fully saturated rings. The molecule has 0 aliphatic carbocycles. The molecule has 3 rings (SSSR count). The Morgan fingerprint density at radius 3 is 2.64 bits per heavy atom. The number of halogens is 1. The van der Waals surface area contributed by atoms with Gasteiger partial charge in [0.2, 0.25) is 10.0 Å². The van der Waals surface area contributed by atoms with Crippen molar-refractivity contribution in [1.82, 2.24) is 8.87 Å². The summed E-state index contributed by atoms with van der Waals surface area (Å²) in [4.78, 5) is 36.7. The lowest BCUT2D eigenvalue weighted by atomic mass is 10.3. The number of aromatic nitrogens is 1. The maximum absolute atomic E-state index is 12.4. The number of sulfonamides is 1. The average Bonchev–Trinajstić information content (AvgIpc) is 3.06. The number of esters is 1. The van der Waals surface area contributed by atoms with E-state index in [1.165, 1.54) is 55.9 Å². The Kier molecular flexibility index (Phi) is 7.25. The molecule has 0 spiro atoms. The van der Waals surface area contributed by atoms with Gasteiger partial charge in [0.1, 0.15) is 0 Å². The number of aryl methyl sites for hydroxylation is 1. The maximum Gasteiger partial charge on any atom is 0.419 e. The van der Waals surface area contributed by atoms with Crippen LogP contribution in [-0.4, -0.2) is 49.4 Å². The number of hydrogen-bond acceptors (Lipinski definition) is 7. The van der Waals surface area contributed by atoms with Crippen molar-refractivity contribution >= 4 is 50.3 Å². The molecule has 12 heteroatoms. The quantitative estimate of drug-likeness (QED) is 0.475. The van der Waals surface area contributed by atoms with Crippen LogP contribution in [0, 0.1) is 0 Å². The summed E-state index contributed by atoms with van der Waals surface area (Å²) in [6, 6.07) is 10.4. The summed E-state index contributed by atoms with van der Waals surface area (Å²) in [5.41, 5.74) is 1.02. The van der Waals surface area contributed by atoms with Gasteiger partial charge in [0.05, 0.1) is 16.8 Å². The molecule has 1 N–H and O–H groups in total. The number of amides is 1. The van der Waals surface area contributed by atoms with E-state index in [0.717, 1.165) is 4.31 Å². The third-order valence-corrected chi connectivity index (χ3v) is 6.77. The summed E-state index contributed by atoms with van der Waals surface area (Å²) in [6.07, 6.45) is -1.33. The van der Waals surface area contributed by atoms with Gasteiger partial charge in [0.15, 0.2) is 11.7 Å². The van der Waals surface area contributed by atoms with E-state index in [2.05, 4.69) is 5.32 Å². The second-order valence-electron chi connectivity index (χ2n) is 7.32. The van der Waals surface area contributed by atoms with Crippen molar-refractivity contribution in [3.8, 4) is 0 Å². The molecule has 3 aromatic rings. The first-order valence-corrected chi connectivity index (χ1v) is 11.6. The largest absolute Gasteiger partial charge is 0.452 e. The minimum Gasteiger partial charge on any atom is -0.452 e. The highest BCUT2D eigenvalue weighted by atomic mass is 35.5. The van der Waals surface area contributed by atoms with Crippen LogP contribution in [0.5, 0.6) is 0 Å². The monoisotopic (exact) mass is 495 g/mol. The van der Waals surface area contributed by atoms with Gasteiger partial charge in [0.25, 0.3) is 5.91 Å². The molecule has 176 valence electrons. The van der Waals surface area contributed by atoms with Crippen LogP contribution in [0.1, 0.15) is 13.3 Å². The first-order chi connectivity index (χ1) is 15.5. The fourth-order valence-electron chi connectivity index (χ4n) is 2.95. The topological polar surface area (TPSA) is 128 Å². The van der Waals surface area contributed by atoms with E-state index in [4.69, 9.17) is 20.8 Å². The van der Waals surface area contributed by atoms with Crippen molar-refractivity contribution in [3.63, 3.8) is 0 Å². The molecule has 0 aliphatic rings. The van der Waals surface area contributed by atoms with Crippen molar-refractivity contribution in [3.05, 3.63) is 58.0 Å². The van der Waals surface area contributed by atoms with E-state index >= 15 is 0 Å². The lowest BCUT2D eigenvalue weighted by molar-refractivity contribution is -0.153. The minimum atomic E-state index is -3.67. The third-order valence-electron chi connectivity index (χ3n) is 4.73.